The zero-order chi connectivity index (χ0) is 15.8. The number of carbonyl (C=O) groups excluding carboxylic acids is 3. The lowest BCUT2D eigenvalue weighted by molar-refractivity contribution is -0.149. The van der Waals surface area contributed by atoms with Crippen molar-refractivity contribution in [2.75, 3.05) is 13.7 Å². The molecule has 1 aromatic rings. The van der Waals surface area contributed by atoms with Crippen molar-refractivity contribution in [3.63, 3.8) is 0 Å². The van der Waals surface area contributed by atoms with Crippen LogP contribution in [0, 0.1) is 0 Å². The van der Waals surface area contributed by atoms with Gasteiger partial charge >= 0.3 is 5.97 Å². The van der Waals surface area contributed by atoms with E-state index in [1.54, 1.807) is 24.3 Å². The summed E-state index contributed by atoms with van der Waals surface area (Å²) in [7, 11) is 1.15. The van der Waals surface area contributed by atoms with Gasteiger partial charge in [0.05, 0.1) is 13.7 Å². The quantitative estimate of drug-likeness (QED) is 0.618. The molecule has 0 aromatic heterocycles. The van der Waals surface area contributed by atoms with Crippen LogP contribution in [-0.4, -0.2) is 42.6 Å². The second-order valence-electron chi connectivity index (χ2n) is 4.36. The maximum Gasteiger partial charge on any atom is 0.336 e. The van der Waals surface area contributed by atoms with Crippen LogP contribution < -0.4 is 10.6 Å². The molecule has 1 atom stereocenters. The highest BCUT2D eigenvalue weighted by Crippen LogP contribution is 2.04. The molecule has 7 heteroatoms. The molecule has 1 unspecified atom stereocenters. The molecular weight excluding hydrogens is 276 g/mol. The van der Waals surface area contributed by atoms with Crippen LogP contribution in [0.2, 0.25) is 0 Å². The fourth-order valence-corrected chi connectivity index (χ4v) is 1.51. The third-order valence-corrected chi connectivity index (χ3v) is 2.69. The standard InChI is InChI=1S/C14H18N2O5/c1-9(17)15-7-10-3-5-11(6-4-10)13(19)16-8-12(18)14(20)21-2/h3-6,12,18H,7-8H2,1-2H3,(H,15,17)(H,16,19). The molecule has 3 N–H and O–H groups in total. The van der Waals surface area contributed by atoms with E-state index >= 15 is 0 Å². The zero-order valence-corrected chi connectivity index (χ0v) is 11.9. The number of benzene rings is 1. The summed E-state index contributed by atoms with van der Waals surface area (Å²) in [6.45, 7) is 1.59. The number of hydrogen-bond acceptors (Lipinski definition) is 5. The first-order valence-corrected chi connectivity index (χ1v) is 6.31. The Hall–Kier alpha value is -2.41. The normalized spacial score (nSPS) is 11.4. The Bertz CT molecular complexity index is 513. The fraction of sp³-hybridized carbons (Fsp3) is 0.357. The van der Waals surface area contributed by atoms with Gasteiger partial charge in [-0.25, -0.2) is 4.79 Å². The van der Waals surface area contributed by atoms with Gasteiger partial charge in [0.25, 0.3) is 5.91 Å². The summed E-state index contributed by atoms with van der Waals surface area (Å²) >= 11 is 0. The first-order chi connectivity index (χ1) is 9.93. The van der Waals surface area contributed by atoms with E-state index in [1.807, 2.05) is 0 Å². The molecule has 0 heterocycles. The molecule has 0 aliphatic rings. The number of amides is 2. The highest BCUT2D eigenvalue weighted by atomic mass is 16.5. The molecule has 114 valence electrons. The first kappa shape index (κ1) is 16.6. The summed E-state index contributed by atoms with van der Waals surface area (Å²) in [5.74, 6) is -1.35. The molecular formula is C14H18N2O5. The van der Waals surface area contributed by atoms with Crippen LogP contribution >= 0.6 is 0 Å². The second-order valence-corrected chi connectivity index (χ2v) is 4.36. The van der Waals surface area contributed by atoms with E-state index in [0.717, 1.165) is 12.7 Å². The fourth-order valence-electron chi connectivity index (χ4n) is 1.51. The van der Waals surface area contributed by atoms with Crippen molar-refractivity contribution in [3.8, 4) is 0 Å². The van der Waals surface area contributed by atoms with Gasteiger partial charge in [-0.05, 0) is 17.7 Å². The largest absolute Gasteiger partial charge is 0.467 e. The van der Waals surface area contributed by atoms with E-state index in [1.165, 1.54) is 6.92 Å². The number of aliphatic hydroxyl groups is 1. The van der Waals surface area contributed by atoms with E-state index in [-0.39, 0.29) is 12.5 Å². The van der Waals surface area contributed by atoms with Crippen molar-refractivity contribution in [1.29, 1.82) is 0 Å². The number of hydrogen-bond donors (Lipinski definition) is 3. The van der Waals surface area contributed by atoms with Gasteiger partial charge in [0.2, 0.25) is 5.91 Å². The minimum absolute atomic E-state index is 0.131. The van der Waals surface area contributed by atoms with Crippen LogP contribution in [0.1, 0.15) is 22.8 Å². The molecule has 7 nitrogen and oxygen atoms in total. The highest BCUT2D eigenvalue weighted by Gasteiger charge is 2.16. The number of carbonyl (C=O) groups is 3. The van der Waals surface area contributed by atoms with Crippen LogP contribution in [0.4, 0.5) is 0 Å². The van der Waals surface area contributed by atoms with Gasteiger partial charge in [0.15, 0.2) is 6.10 Å². The Kier molecular flexibility index (Phi) is 6.35. The van der Waals surface area contributed by atoms with Crippen molar-refractivity contribution in [3.05, 3.63) is 35.4 Å². The second kappa shape index (κ2) is 8.01. The molecule has 0 aliphatic carbocycles. The van der Waals surface area contributed by atoms with E-state index in [9.17, 15) is 19.5 Å². The van der Waals surface area contributed by atoms with Crippen molar-refractivity contribution in [2.45, 2.75) is 19.6 Å². The SMILES string of the molecule is COC(=O)C(O)CNC(=O)c1ccc(CNC(C)=O)cc1. The number of nitrogens with one attached hydrogen (secondary N) is 2. The average molecular weight is 294 g/mol. The topological polar surface area (TPSA) is 105 Å². The minimum Gasteiger partial charge on any atom is -0.467 e. The molecule has 0 radical (unpaired) electrons. The predicted molar refractivity (Wildman–Crippen MR) is 74.3 cm³/mol. The van der Waals surface area contributed by atoms with E-state index in [2.05, 4.69) is 15.4 Å². The number of aliphatic hydroxyl groups excluding tert-OH is 1. The number of methoxy groups -OCH3 is 1. The van der Waals surface area contributed by atoms with Crippen molar-refractivity contribution in [2.24, 2.45) is 0 Å². The molecule has 0 saturated heterocycles. The minimum atomic E-state index is -1.39. The summed E-state index contributed by atoms with van der Waals surface area (Å²) < 4.78 is 4.34. The molecule has 0 aliphatic heterocycles. The van der Waals surface area contributed by atoms with E-state index in [0.29, 0.717) is 12.1 Å². The average Bonchev–Trinajstić information content (AvgIpc) is 2.49. The first-order valence-electron chi connectivity index (χ1n) is 6.31. The Morgan fingerprint density at radius 3 is 2.33 bits per heavy atom. The molecule has 0 bridgehead atoms. The van der Waals surface area contributed by atoms with Crippen molar-refractivity contribution >= 4 is 17.8 Å². The molecule has 0 fully saturated rings. The van der Waals surface area contributed by atoms with Gasteiger partial charge in [0.1, 0.15) is 0 Å². The summed E-state index contributed by atoms with van der Waals surface area (Å²) in [6, 6.07) is 6.61. The summed E-state index contributed by atoms with van der Waals surface area (Å²) in [4.78, 5) is 33.6. The zero-order valence-electron chi connectivity index (χ0n) is 11.9. The van der Waals surface area contributed by atoms with Gasteiger partial charge in [-0.3, -0.25) is 9.59 Å². The number of esters is 1. The van der Waals surface area contributed by atoms with Gasteiger partial charge in [-0.1, -0.05) is 12.1 Å². The van der Waals surface area contributed by atoms with E-state index < -0.39 is 18.0 Å². The van der Waals surface area contributed by atoms with Crippen molar-refractivity contribution in [1.82, 2.24) is 10.6 Å². The van der Waals surface area contributed by atoms with Gasteiger partial charge in [-0.2, -0.15) is 0 Å². The lowest BCUT2D eigenvalue weighted by atomic mass is 10.1. The lowest BCUT2D eigenvalue weighted by Gasteiger charge is -2.10. The van der Waals surface area contributed by atoms with Crippen molar-refractivity contribution < 1.29 is 24.2 Å². The van der Waals surface area contributed by atoms with Gasteiger partial charge in [0, 0.05) is 19.0 Å². The predicted octanol–water partition coefficient (Wildman–Crippen LogP) is -0.414. The van der Waals surface area contributed by atoms with Crippen LogP contribution in [0.15, 0.2) is 24.3 Å². The maximum atomic E-state index is 11.8. The number of ether oxygens (including phenoxy) is 1. The monoisotopic (exact) mass is 294 g/mol. The molecule has 0 spiro atoms. The molecule has 0 saturated carbocycles. The summed E-state index contributed by atoms with van der Waals surface area (Å²) in [6.07, 6.45) is -1.39. The number of rotatable bonds is 6. The van der Waals surface area contributed by atoms with Gasteiger partial charge < -0.3 is 20.5 Å². The maximum absolute atomic E-state index is 11.8. The Labute approximate surface area is 122 Å². The summed E-state index contributed by atoms with van der Waals surface area (Å²) in [5.41, 5.74) is 1.25. The Morgan fingerprint density at radius 2 is 1.81 bits per heavy atom. The van der Waals surface area contributed by atoms with Crippen LogP contribution in [-0.2, 0) is 20.9 Å². The van der Waals surface area contributed by atoms with Crippen LogP contribution in [0.3, 0.4) is 0 Å². The van der Waals surface area contributed by atoms with Gasteiger partial charge in [-0.15, -0.1) is 0 Å². The highest BCUT2D eigenvalue weighted by molar-refractivity contribution is 5.94. The van der Waals surface area contributed by atoms with E-state index in [4.69, 9.17) is 0 Å². The smallest absolute Gasteiger partial charge is 0.336 e. The lowest BCUT2D eigenvalue weighted by Crippen LogP contribution is -2.37. The molecule has 21 heavy (non-hydrogen) atoms. The third kappa shape index (κ3) is 5.62. The molecule has 2 amide bonds. The molecule has 1 rings (SSSR count). The third-order valence-electron chi connectivity index (χ3n) is 2.69. The van der Waals surface area contributed by atoms with Crippen LogP contribution in [0.25, 0.3) is 0 Å². The molecule has 1 aromatic carbocycles. The Morgan fingerprint density at radius 1 is 1.19 bits per heavy atom. The Balaban J connectivity index is 2.51. The summed E-state index contributed by atoms with van der Waals surface area (Å²) in [5, 5.41) is 14.4. The van der Waals surface area contributed by atoms with Crippen LogP contribution in [0.5, 0.6) is 0 Å².